The van der Waals surface area contributed by atoms with Gasteiger partial charge in [-0.3, -0.25) is 14.4 Å². The molecular weight excluding hydrogens is 341 g/mol. The minimum Gasteiger partial charge on any atom is -0.481 e. The number of benzene rings is 1. The highest BCUT2D eigenvalue weighted by Crippen LogP contribution is 2.32. The van der Waals surface area contributed by atoms with Crippen molar-refractivity contribution in [3.05, 3.63) is 29.3 Å². The summed E-state index contributed by atoms with van der Waals surface area (Å²) < 4.78 is 38.7. The molecule has 0 saturated heterocycles. The zero-order valence-electron chi connectivity index (χ0n) is 13.6. The van der Waals surface area contributed by atoms with Crippen LogP contribution >= 0.6 is 0 Å². The molecule has 0 aliphatic rings. The Balaban J connectivity index is 2.73. The number of rotatable bonds is 8. The molecule has 138 valence electrons. The molecular formula is C16H19F3N2O4. The SMILES string of the molecule is CC(=O)Nc1cc(C(=O)NCCCCCC(=O)O)cc(C(F)(F)F)c1. The molecule has 2 amide bonds. The van der Waals surface area contributed by atoms with Crippen LogP contribution in [0.25, 0.3) is 0 Å². The molecule has 1 rings (SSSR count). The van der Waals surface area contributed by atoms with Gasteiger partial charge in [0.15, 0.2) is 0 Å². The summed E-state index contributed by atoms with van der Waals surface area (Å²) >= 11 is 0. The second kappa shape index (κ2) is 9.05. The summed E-state index contributed by atoms with van der Waals surface area (Å²) in [6.45, 7) is 1.36. The number of carboxylic acids is 1. The number of aliphatic carboxylic acids is 1. The van der Waals surface area contributed by atoms with Gasteiger partial charge in [0.05, 0.1) is 5.56 Å². The normalized spacial score (nSPS) is 11.0. The van der Waals surface area contributed by atoms with Crippen molar-refractivity contribution in [3.8, 4) is 0 Å². The fourth-order valence-electron chi connectivity index (χ4n) is 2.08. The molecule has 0 aliphatic heterocycles. The van der Waals surface area contributed by atoms with Gasteiger partial charge < -0.3 is 15.7 Å². The maximum Gasteiger partial charge on any atom is 0.416 e. The van der Waals surface area contributed by atoms with Gasteiger partial charge in [-0.1, -0.05) is 6.42 Å². The van der Waals surface area contributed by atoms with Crippen molar-refractivity contribution < 1.29 is 32.7 Å². The van der Waals surface area contributed by atoms with Gasteiger partial charge in [-0.05, 0) is 31.0 Å². The zero-order valence-corrected chi connectivity index (χ0v) is 13.6. The number of hydrogen-bond donors (Lipinski definition) is 3. The van der Waals surface area contributed by atoms with Crippen LogP contribution in [0.4, 0.5) is 18.9 Å². The lowest BCUT2D eigenvalue weighted by molar-refractivity contribution is -0.138. The summed E-state index contributed by atoms with van der Waals surface area (Å²) in [5.74, 6) is -2.15. The number of nitrogens with one attached hydrogen (secondary N) is 2. The number of halogens is 3. The first-order valence-corrected chi connectivity index (χ1v) is 7.59. The molecule has 0 aliphatic carbocycles. The van der Waals surface area contributed by atoms with E-state index >= 15 is 0 Å². The van der Waals surface area contributed by atoms with Crippen molar-refractivity contribution >= 4 is 23.5 Å². The van der Waals surface area contributed by atoms with Crippen molar-refractivity contribution in [3.63, 3.8) is 0 Å². The number of carboxylic acid groups (broad SMARTS) is 1. The van der Waals surface area contributed by atoms with Gasteiger partial charge in [-0.2, -0.15) is 13.2 Å². The summed E-state index contributed by atoms with van der Waals surface area (Å²) in [6.07, 6.45) is -3.08. The van der Waals surface area contributed by atoms with Crippen LogP contribution in [0.2, 0.25) is 0 Å². The lowest BCUT2D eigenvalue weighted by Crippen LogP contribution is -2.25. The third kappa shape index (κ3) is 7.69. The average Bonchev–Trinajstić information content (AvgIpc) is 2.48. The molecule has 0 aromatic heterocycles. The van der Waals surface area contributed by atoms with E-state index in [-0.39, 0.29) is 24.2 Å². The molecule has 0 fully saturated rings. The van der Waals surface area contributed by atoms with E-state index in [2.05, 4.69) is 10.6 Å². The van der Waals surface area contributed by atoms with E-state index in [0.717, 1.165) is 19.1 Å². The predicted octanol–water partition coefficient (Wildman–Crippen LogP) is 3.04. The molecule has 6 nitrogen and oxygen atoms in total. The van der Waals surface area contributed by atoms with Crippen molar-refractivity contribution in [1.82, 2.24) is 5.32 Å². The second-order valence-corrected chi connectivity index (χ2v) is 5.44. The largest absolute Gasteiger partial charge is 0.481 e. The topological polar surface area (TPSA) is 95.5 Å². The van der Waals surface area contributed by atoms with Crippen LogP contribution in [0, 0.1) is 0 Å². The highest BCUT2D eigenvalue weighted by Gasteiger charge is 2.32. The molecule has 0 unspecified atom stereocenters. The molecule has 1 aromatic carbocycles. The van der Waals surface area contributed by atoms with Crippen molar-refractivity contribution in [2.75, 3.05) is 11.9 Å². The first-order chi connectivity index (χ1) is 11.6. The van der Waals surface area contributed by atoms with E-state index in [1.54, 1.807) is 0 Å². The Labute approximate surface area is 142 Å². The smallest absolute Gasteiger partial charge is 0.416 e. The van der Waals surface area contributed by atoms with Gasteiger partial charge in [0.25, 0.3) is 5.91 Å². The van der Waals surface area contributed by atoms with Gasteiger partial charge in [0.1, 0.15) is 0 Å². The van der Waals surface area contributed by atoms with Gasteiger partial charge >= 0.3 is 12.1 Å². The fraction of sp³-hybridized carbons (Fsp3) is 0.438. The summed E-state index contributed by atoms with van der Waals surface area (Å²) in [6, 6.07) is 2.63. The molecule has 0 bridgehead atoms. The zero-order chi connectivity index (χ0) is 19.0. The Bertz CT molecular complexity index is 645. The Kier molecular flexibility index (Phi) is 7.41. The number of amides is 2. The molecule has 0 heterocycles. The predicted molar refractivity (Wildman–Crippen MR) is 84.2 cm³/mol. The molecule has 9 heteroatoms. The van der Waals surface area contributed by atoms with Crippen molar-refractivity contribution in [1.29, 1.82) is 0 Å². The highest BCUT2D eigenvalue weighted by molar-refractivity contribution is 5.97. The number of carbonyl (C=O) groups is 3. The maximum absolute atomic E-state index is 12.9. The summed E-state index contributed by atoms with van der Waals surface area (Å²) in [4.78, 5) is 33.4. The van der Waals surface area contributed by atoms with Gasteiger partial charge in [-0.15, -0.1) is 0 Å². The molecule has 0 atom stereocenters. The molecule has 0 saturated carbocycles. The lowest BCUT2D eigenvalue weighted by Gasteiger charge is -2.12. The van der Waals surface area contributed by atoms with Crippen LogP contribution in [0.5, 0.6) is 0 Å². The Hall–Kier alpha value is -2.58. The lowest BCUT2D eigenvalue weighted by atomic mass is 10.1. The van der Waals surface area contributed by atoms with Gasteiger partial charge in [0, 0.05) is 31.1 Å². The standard InChI is InChI=1S/C16H19F3N2O4/c1-10(22)21-13-8-11(7-12(9-13)16(17,18)19)15(25)20-6-4-2-3-5-14(23)24/h7-9H,2-6H2,1H3,(H,20,25)(H,21,22)(H,23,24). The number of unbranched alkanes of at least 4 members (excludes halogenated alkanes) is 2. The third-order valence-electron chi connectivity index (χ3n) is 3.20. The van der Waals surface area contributed by atoms with Crippen molar-refractivity contribution in [2.24, 2.45) is 0 Å². The highest BCUT2D eigenvalue weighted by atomic mass is 19.4. The molecule has 0 spiro atoms. The average molecular weight is 360 g/mol. The van der Waals surface area contributed by atoms with Gasteiger partial charge in [0.2, 0.25) is 5.91 Å². The first-order valence-electron chi connectivity index (χ1n) is 7.59. The van der Waals surface area contributed by atoms with Crippen LogP contribution in [0.1, 0.15) is 48.5 Å². The van der Waals surface area contributed by atoms with Crippen LogP contribution < -0.4 is 10.6 Å². The van der Waals surface area contributed by atoms with E-state index in [0.29, 0.717) is 25.3 Å². The van der Waals surface area contributed by atoms with E-state index in [4.69, 9.17) is 5.11 Å². The maximum atomic E-state index is 12.9. The van der Waals surface area contributed by atoms with Gasteiger partial charge in [-0.25, -0.2) is 0 Å². The van der Waals surface area contributed by atoms with E-state index < -0.39 is 29.5 Å². The molecule has 3 N–H and O–H groups in total. The quantitative estimate of drug-likeness (QED) is 0.621. The summed E-state index contributed by atoms with van der Waals surface area (Å²) in [7, 11) is 0. The van der Waals surface area contributed by atoms with Crippen LogP contribution in [-0.4, -0.2) is 29.4 Å². The Morgan fingerprint density at radius 2 is 1.76 bits per heavy atom. The fourth-order valence-corrected chi connectivity index (χ4v) is 2.08. The minimum atomic E-state index is -4.65. The number of carbonyl (C=O) groups excluding carboxylic acids is 2. The van der Waals surface area contributed by atoms with E-state index in [1.165, 1.54) is 0 Å². The third-order valence-corrected chi connectivity index (χ3v) is 3.20. The van der Waals surface area contributed by atoms with Crippen LogP contribution in [0.3, 0.4) is 0 Å². The van der Waals surface area contributed by atoms with Crippen LogP contribution in [0.15, 0.2) is 18.2 Å². The Morgan fingerprint density at radius 3 is 2.32 bits per heavy atom. The summed E-state index contributed by atoms with van der Waals surface area (Å²) in [5, 5.41) is 13.2. The summed E-state index contributed by atoms with van der Waals surface area (Å²) in [5.41, 5.74) is -1.37. The van der Waals surface area contributed by atoms with Crippen molar-refractivity contribution in [2.45, 2.75) is 38.8 Å². The molecule has 1 aromatic rings. The molecule has 25 heavy (non-hydrogen) atoms. The monoisotopic (exact) mass is 360 g/mol. The minimum absolute atomic E-state index is 0.0294. The number of alkyl halides is 3. The van der Waals surface area contributed by atoms with Crippen LogP contribution in [-0.2, 0) is 15.8 Å². The second-order valence-electron chi connectivity index (χ2n) is 5.44. The Morgan fingerprint density at radius 1 is 1.08 bits per heavy atom. The van der Waals surface area contributed by atoms with E-state index in [1.807, 2.05) is 0 Å². The first kappa shape index (κ1) is 20.5. The number of anilines is 1. The molecule has 0 radical (unpaired) electrons. The number of hydrogen-bond acceptors (Lipinski definition) is 3. The van der Waals surface area contributed by atoms with E-state index in [9.17, 15) is 27.6 Å².